The highest BCUT2D eigenvalue weighted by Crippen LogP contribution is 2.23. The minimum absolute atomic E-state index is 0.359. The summed E-state index contributed by atoms with van der Waals surface area (Å²) in [5, 5.41) is 0. The lowest BCUT2D eigenvalue weighted by molar-refractivity contribution is 0.0601. The molecule has 0 aliphatic rings. The van der Waals surface area contributed by atoms with Crippen molar-refractivity contribution in [1.29, 1.82) is 0 Å². The molecule has 0 aliphatic carbocycles. The van der Waals surface area contributed by atoms with Gasteiger partial charge in [-0.3, -0.25) is 0 Å². The van der Waals surface area contributed by atoms with Crippen LogP contribution in [0.4, 0.5) is 0 Å². The number of methoxy groups -OCH3 is 1. The molecule has 1 aromatic carbocycles. The molecule has 0 aliphatic heterocycles. The van der Waals surface area contributed by atoms with Gasteiger partial charge in [-0.05, 0) is 28.1 Å². The maximum absolute atomic E-state index is 11.3. The lowest BCUT2D eigenvalue weighted by Crippen LogP contribution is -2.00. The normalized spacial score (nSPS) is 10.4. The number of benzene rings is 1. The molecule has 1 aromatic heterocycles. The molecule has 5 heteroatoms. The Kier molecular flexibility index (Phi) is 2.25. The van der Waals surface area contributed by atoms with Gasteiger partial charge in [0, 0.05) is 4.47 Å². The van der Waals surface area contributed by atoms with Crippen molar-refractivity contribution in [2.45, 2.75) is 0 Å². The summed E-state index contributed by atoms with van der Waals surface area (Å²) in [6.07, 6.45) is 1.58. The van der Waals surface area contributed by atoms with Crippen LogP contribution in [0.3, 0.4) is 0 Å². The number of nitrogens with one attached hydrogen (secondary N) is 1. The molecule has 0 amide bonds. The lowest BCUT2D eigenvalue weighted by atomic mass is 10.2. The third-order valence-electron chi connectivity index (χ3n) is 1.90. The summed E-state index contributed by atoms with van der Waals surface area (Å²) < 4.78 is 5.40. The van der Waals surface area contributed by atoms with Gasteiger partial charge < -0.3 is 9.72 Å². The first-order valence-corrected chi connectivity index (χ1v) is 4.72. The van der Waals surface area contributed by atoms with Gasteiger partial charge in [-0.2, -0.15) is 0 Å². The predicted molar refractivity (Wildman–Crippen MR) is 55.1 cm³/mol. The van der Waals surface area contributed by atoms with Crippen LogP contribution >= 0.6 is 15.9 Å². The van der Waals surface area contributed by atoms with Crippen molar-refractivity contribution in [3.05, 3.63) is 28.5 Å². The molecule has 0 saturated carbocycles. The summed E-state index contributed by atoms with van der Waals surface area (Å²) in [6, 6.07) is 3.40. The Balaban J connectivity index is 2.64. The standard InChI is InChI=1S/C9H7BrN2O2/c1-14-9(13)5-2-6(10)8-7(3-5)11-4-12-8/h2-4H,1H3,(H,11,12). The maximum atomic E-state index is 11.3. The fraction of sp³-hybridized carbons (Fsp3) is 0.111. The van der Waals surface area contributed by atoms with Gasteiger partial charge in [-0.1, -0.05) is 0 Å². The van der Waals surface area contributed by atoms with Gasteiger partial charge in [-0.25, -0.2) is 9.78 Å². The summed E-state index contributed by atoms with van der Waals surface area (Å²) in [4.78, 5) is 18.3. The number of ether oxygens (including phenoxy) is 1. The highest BCUT2D eigenvalue weighted by molar-refractivity contribution is 9.10. The number of imidazole rings is 1. The second-order valence-electron chi connectivity index (χ2n) is 2.75. The van der Waals surface area contributed by atoms with E-state index < -0.39 is 0 Å². The van der Waals surface area contributed by atoms with E-state index in [4.69, 9.17) is 0 Å². The van der Waals surface area contributed by atoms with Crippen molar-refractivity contribution < 1.29 is 9.53 Å². The molecule has 14 heavy (non-hydrogen) atoms. The van der Waals surface area contributed by atoms with Crippen LogP contribution in [0.25, 0.3) is 11.0 Å². The van der Waals surface area contributed by atoms with Crippen LogP contribution < -0.4 is 0 Å². The van der Waals surface area contributed by atoms with Crippen molar-refractivity contribution in [1.82, 2.24) is 9.97 Å². The van der Waals surface area contributed by atoms with E-state index in [0.29, 0.717) is 5.56 Å². The lowest BCUT2D eigenvalue weighted by Gasteiger charge is -2.00. The SMILES string of the molecule is COC(=O)c1cc(Br)c2nc[nH]c2c1. The number of carbonyl (C=O) groups excluding carboxylic acids is 1. The van der Waals surface area contributed by atoms with Gasteiger partial charge in [0.15, 0.2) is 0 Å². The molecule has 2 aromatic rings. The minimum Gasteiger partial charge on any atom is -0.465 e. The number of esters is 1. The van der Waals surface area contributed by atoms with Crippen molar-refractivity contribution >= 4 is 32.9 Å². The minimum atomic E-state index is -0.359. The first kappa shape index (κ1) is 9.21. The van der Waals surface area contributed by atoms with E-state index >= 15 is 0 Å². The zero-order valence-electron chi connectivity index (χ0n) is 7.37. The summed E-state index contributed by atoms with van der Waals surface area (Å²) >= 11 is 3.33. The molecule has 0 fully saturated rings. The van der Waals surface area contributed by atoms with Crippen molar-refractivity contribution in [2.75, 3.05) is 7.11 Å². The predicted octanol–water partition coefficient (Wildman–Crippen LogP) is 2.11. The molecule has 0 saturated heterocycles. The smallest absolute Gasteiger partial charge is 0.337 e. The molecule has 0 unspecified atom stereocenters. The number of halogens is 1. The molecule has 0 radical (unpaired) electrons. The number of aromatic nitrogens is 2. The Morgan fingerprint density at radius 2 is 2.36 bits per heavy atom. The largest absolute Gasteiger partial charge is 0.465 e. The zero-order chi connectivity index (χ0) is 10.1. The first-order chi connectivity index (χ1) is 6.72. The fourth-order valence-electron chi connectivity index (χ4n) is 1.24. The first-order valence-electron chi connectivity index (χ1n) is 3.93. The number of hydrogen-bond donors (Lipinski definition) is 1. The van der Waals surface area contributed by atoms with Gasteiger partial charge in [0.2, 0.25) is 0 Å². The molecular weight excluding hydrogens is 248 g/mol. The second-order valence-corrected chi connectivity index (χ2v) is 3.60. The number of rotatable bonds is 1. The number of carbonyl (C=O) groups is 1. The number of nitrogens with zero attached hydrogens (tertiary/aromatic N) is 1. The zero-order valence-corrected chi connectivity index (χ0v) is 8.96. The molecule has 0 spiro atoms. The third-order valence-corrected chi connectivity index (χ3v) is 2.50. The highest BCUT2D eigenvalue weighted by atomic mass is 79.9. The van der Waals surface area contributed by atoms with E-state index in [2.05, 4.69) is 30.6 Å². The fourth-order valence-corrected chi connectivity index (χ4v) is 1.80. The monoisotopic (exact) mass is 254 g/mol. The van der Waals surface area contributed by atoms with Gasteiger partial charge in [-0.15, -0.1) is 0 Å². The Bertz CT molecular complexity index is 493. The van der Waals surface area contributed by atoms with Crippen molar-refractivity contribution in [3.8, 4) is 0 Å². The summed E-state index contributed by atoms with van der Waals surface area (Å²) in [5.41, 5.74) is 2.11. The molecule has 0 atom stereocenters. The van der Waals surface area contributed by atoms with Crippen LogP contribution in [0.2, 0.25) is 0 Å². The second kappa shape index (κ2) is 3.42. The van der Waals surface area contributed by atoms with Gasteiger partial charge in [0.25, 0.3) is 0 Å². The average molecular weight is 255 g/mol. The van der Waals surface area contributed by atoms with E-state index in [1.165, 1.54) is 7.11 Å². The molecular formula is C9H7BrN2O2. The molecule has 72 valence electrons. The highest BCUT2D eigenvalue weighted by Gasteiger charge is 2.10. The summed E-state index contributed by atoms with van der Waals surface area (Å²) in [6.45, 7) is 0. The van der Waals surface area contributed by atoms with E-state index in [0.717, 1.165) is 15.5 Å². The van der Waals surface area contributed by atoms with Gasteiger partial charge >= 0.3 is 5.97 Å². The van der Waals surface area contributed by atoms with Gasteiger partial charge in [0.05, 0.1) is 24.5 Å². The molecule has 1 heterocycles. The van der Waals surface area contributed by atoms with Crippen LogP contribution in [-0.2, 0) is 4.74 Å². The number of fused-ring (bicyclic) bond motifs is 1. The third kappa shape index (κ3) is 1.39. The maximum Gasteiger partial charge on any atom is 0.337 e. The van der Waals surface area contributed by atoms with Crippen LogP contribution in [0.15, 0.2) is 22.9 Å². The van der Waals surface area contributed by atoms with Crippen LogP contribution in [-0.4, -0.2) is 23.0 Å². The van der Waals surface area contributed by atoms with E-state index in [1.807, 2.05) is 0 Å². The van der Waals surface area contributed by atoms with Crippen LogP contribution in [0, 0.1) is 0 Å². The van der Waals surface area contributed by atoms with Crippen LogP contribution in [0.5, 0.6) is 0 Å². The topological polar surface area (TPSA) is 55.0 Å². The summed E-state index contributed by atoms with van der Waals surface area (Å²) in [5.74, 6) is -0.359. The average Bonchev–Trinajstić information content (AvgIpc) is 2.64. The quantitative estimate of drug-likeness (QED) is 0.794. The van der Waals surface area contributed by atoms with Crippen molar-refractivity contribution in [2.24, 2.45) is 0 Å². The Morgan fingerprint density at radius 3 is 3.07 bits per heavy atom. The Hall–Kier alpha value is -1.36. The van der Waals surface area contributed by atoms with Crippen LogP contribution in [0.1, 0.15) is 10.4 Å². The van der Waals surface area contributed by atoms with Crippen molar-refractivity contribution in [3.63, 3.8) is 0 Å². The number of hydrogen-bond acceptors (Lipinski definition) is 3. The molecule has 2 rings (SSSR count). The van der Waals surface area contributed by atoms with E-state index in [9.17, 15) is 4.79 Å². The number of H-pyrrole nitrogens is 1. The number of aromatic amines is 1. The molecule has 0 bridgehead atoms. The Morgan fingerprint density at radius 1 is 1.57 bits per heavy atom. The molecule has 1 N–H and O–H groups in total. The summed E-state index contributed by atoms with van der Waals surface area (Å²) in [7, 11) is 1.35. The van der Waals surface area contributed by atoms with Gasteiger partial charge in [0.1, 0.15) is 5.52 Å². The van der Waals surface area contributed by atoms with E-state index in [1.54, 1.807) is 18.5 Å². The van der Waals surface area contributed by atoms with E-state index in [-0.39, 0.29) is 5.97 Å². The Labute approximate surface area is 88.4 Å². The molecule has 4 nitrogen and oxygen atoms in total.